The van der Waals surface area contributed by atoms with Crippen LogP contribution in [0.5, 0.6) is 0 Å². The molecule has 5 unspecified atom stereocenters. The summed E-state index contributed by atoms with van der Waals surface area (Å²) in [6.45, 7) is 1.21. The van der Waals surface area contributed by atoms with Gasteiger partial charge >= 0.3 is 11.9 Å². The van der Waals surface area contributed by atoms with Gasteiger partial charge in [-0.2, -0.15) is 0 Å². The van der Waals surface area contributed by atoms with Gasteiger partial charge in [-0.1, -0.05) is 36.4 Å². The Morgan fingerprint density at radius 2 is 1.22 bits per heavy atom. The maximum atomic E-state index is 13.9. The molecule has 0 saturated carbocycles. The Hall–Kier alpha value is -5.21. The number of para-hydroxylation sites is 2. The van der Waals surface area contributed by atoms with Gasteiger partial charge in [-0.25, -0.2) is 4.79 Å². The highest BCUT2D eigenvalue weighted by molar-refractivity contribution is 5.95. The van der Waals surface area contributed by atoms with Gasteiger partial charge in [0.1, 0.15) is 12.1 Å². The summed E-state index contributed by atoms with van der Waals surface area (Å²) >= 11 is 0. The molecule has 0 aliphatic rings. The largest absolute Gasteiger partial charge is 0.481 e. The highest BCUT2D eigenvalue weighted by atomic mass is 16.4. The van der Waals surface area contributed by atoms with E-state index in [-0.39, 0.29) is 25.7 Å². The molecule has 45 heavy (non-hydrogen) atoms. The standard InChI is InChI=1S/C31H36N6O8/c1-16(38)27(31(44)45)37-30(43)25(13-18-15-34-23-9-5-3-7-20(18)23)36-29(42)24(35-28(41)21(32)10-11-26(39)40)12-17-14-33-22-8-4-2-6-19(17)22/h2-9,14-16,21,24-25,27,33-34,38H,10-13,32H2,1H3,(H,35,41)(H,36,42)(H,37,43)(H,39,40)(H,44,45). The topological polar surface area (TPSA) is 240 Å². The quantitative estimate of drug-likeness (QED) is 0.0900. The van der Waals surface area contributed by atoms with Gasteiger partial charge < -0.3 is 47.0 Å². The van der Waals surface area contributed by atoms with Gasteiger partial charge in [0, 0.05) is 53.5 Å². The lowest BCUT2D eigenvalue weighted by atomic mass is 10.0. The van der Waals surface area contributed by atoms with Gasteiger partial charge in [0.15, 0.2) is 6.04 Å². The monoisotopic (exact) mass is 620 g/mol. The summed E-state index contributed by atoms with van der Waals surface area (Å²) in [7, 11) is 0. The molecule has 0 bridgehead atoms. The summed E-state index contributed by atoms with van der Waals surface area (Å²) in [5.74, 6) is -4.97. The van der Waals surface area contributed by atoms with Crippen LogP contribution in [0.15, 0.2) is 60.9 Å². The summed E-state index contributed by atoms with van der Waals surface area (Å²) in [5, 5.41) is 37.6. The number of rotatable bonds is 15. The van der Waals surface area contributed by atoms with E-state index in [4.69, 9.17) is 10.8 Å². The van der Waals surface area contributed by atoms with E-state index in [1.165, 1.54) is 6.92 Å². The summed E-state index contributed by atoms with van der Waals surface area (Å²) in [6, 6.07) is 9.20. The number of amides is 3. The molecule has 14 heteroatoms. The van der Waals surface area contributed by atoms with Crippen molar-refractivity contribution >= 4 is 51.5 Å². The van der Waals surface area contributed by atoms with Crippen LogP contribution in [0.2, 0.25) is 0 Å². The zero-order valence-corrected chi connectivity index (χ0v) is 24.4. The number of carbonyl (C=O) groups excluding carboxylic acids is 3. The van der Waals surface area contributed by atoms with Crippen molar-refractivity contribution in [2.45, 2.75) is 62.9 Å². The minimum atomic E-state index is -1.64. The molecular formula is C31H36N6O8. The van der Waals surface area contributed by atoms with Crippen molar-refractivity contribution in [3.63, 3.8) is 0 Å². The van der Waals surface area contributed by atoms with Gasteiger partial charge in [0.05, 0.1) is 12.1 Å². The number of hydrogen-bond donors (Lipinski definition) is 9. The fourth-order valence-corrected chi connectivity index (χ4v) is 5.06. The number of aliphatic hydroxyl groups is 1. The van der Waals surface area contributed by atoms with Crippen LogP contribution in [0.1, 0.15) is 30.9 Å². The van der Waals surface area contributed by atoms with Crippen molar-refractivity contribution in [1.82, 2.24) is 25.9 Å². The number of fused-ring (bicyclic) bond motifs is 2. The molecule has 4 rings (SSSR count). The van der Waals surface area contributed by atoms with Crippen LogP contribution in [0, 0.1) is 0 Å². The second-order valence-electron chi connectivity index (χ2n) is 10.9. The molecule has 0 saturated heterocycles. The van der Waals surface area contributed by atoms with Crippen molar-refractivity contribution in [2.24, 2.45) is 5.73 Å². The number of H-pyrrole nitrogens is 2. The highest BCUT2D eigenvalue weighted by Gasteiger charge is 2.33. The molecule has 0 aliphatic heterocycles. The van der Waals surface area contributed by atoms with Crippen molar-refractivity contribution in [2.75, 3.05) is 0 Å². The van der Waals surface area contributed by atoms with Crippen molar-refractivity contribution in [1.29, 1.82) is 0 Å². The van der Waals surface area contributed by atoms with Gasteiger partial charge in [-0.3, -0.25) is 19.2 Å². The number of hydrogen-bond acceptors (Lipinski definition) is 7. The number of benzene rings is 2. The first-order valence-electron chi connectivity index (χ1n) is 14.3. The summed E-state index contributed by atoms with van der Waals surface area (Å²) < 4.78 is 0. The predicted octanol–water partition coefficient (Wildman–Crippen LogP) is 0.546. The number of aromatic nitrogens is 2. The van der Waals surface area contributed by atoms with Crippen molar-refractivity contribution < 1.29 is 39.3 Å². The number of nitrogens with two attached hydrogens (primary N) is 1. The summed E-state index contributed by atoms with van der Waals surface area (Å²) in [6.07, 6.45) is 1.35. The fraction of sp³-hybridized carbons (Fsp3) is 0.323. The molecule has 14 nitrogen and oxygen atoms in total. The molecule has 2 heterocycles. The summed E-state index contributed by atoms with van der Waals surface area (Å²) in [4.78, 5) is 69.3. The minimum absolute atomic E-state index is 0.0138. The third-order valence-electron chi connectivity index (χ3n) is 7.52. The Morgan fingerprint density at radius 3 is 1.69 bits per heavy atom. The van der Waals surface area contributed by atoms with Crippen LogP contribution < -0.4 is 21.7 Å². The van der Waals surface area contributed by atoms with Crippen LogP contribution in [-0.2, 0) is 36.8 Å². The first-order chi connectivity index (χ1) is 21.4. The Labute approximate surface area is 257 Å². The molecule has 10 N–H and O–H groups in total. The van der Waals surface area contributed by atoms with Gasteiger partial charge in [0.2, 0.25) is 17.7 Å². The zero-order valence-electron chi connectivity index (χ0n) is 24.4. The first kappa shape index (κ1) is 32.7. The lowest BCUT2D eigenvalue weighted by molar-refractivity contribution is -0.145. The minimum Gasteiger partial charge on any atom is -0.481 e. The molecule has 0 aliphatic carbocycles. The SMILES string of the molecule is CC(O)C(NC(=O)C(Cc1c[nH]c2ccccc12)NC(=O)C(Cc1c[nH]c2ccccc12)NC(=O)C(N)CCC(=O)O)C(=O)O. The Balaban J connectivity index is 1.63. The average molecular weight is 621 g/mol. The number of aliphatic carboxylic acids is 2. The fourth-order valence-electron chi connectivity index (χ4n) is 5.06. The molecule has 2 aromatic heterocycles. The molecule has 238 valence electrons. The lowest BCUT2D eigenvalue weighted by Gasteiger charge is -2.26. The van der Waals surface area contributed by atoms with E-state index in [0.717, 1.165) is 21.8 Å². The van der Waals surface area contributed by atoms with Crippen molar-refractivity contribution in [3.8, 4) is 0 Å². The molecule has 2 aromatic carbocycles. The molecule has 0 spiro atoms. The number of aliphatic hydroxyl groups excluding tert-OH is 1. The molecule has 4 aromatic rings. The van der Waals surface area contributed by atoms with E-state index in [1.807, 2.05) is 48.5 Å². The summed E-state index contributed by atoms with van der Waals surface area (Å²) in [5.41, 5.74) is 8.84. The Kier molecular flexibility index (Phi) is 10.5. The normalized spacial score (nSPS) is 14.6. The van der Waals surface area contributed by atoms with Crippen LogP contribution in [0.25, 0.3) is 21.8 Å². The maximum absolute atomic E-state index is 13.9. The number of carboxylic acids is 2. The zero-order chi connectivity index (χ0) is 32.7. The van der Waals surface area contributed by atoms with E-state index >= 15 is 0 Å². The van der Waals surface area contributed by atoms with E-state index in [1.54, 1.807) is 12.4 Å². The van der Waals surface area contributed by atoms with Gasteiger partial charge in [0.25, 0.3) is 0 Å². The van der Waals surface area contributed by atoms with Crippen LogP contribution in [-0.4, -0.2) is 85.2 Å². The number of carboxylic acid groups (broad SMARTS) is 2. The Morgan fingerprint density at radius 1 is 0.756 bits per heavy atom. The third-order valence-corrected chi connectivity index (χ3v) is 7.52. The smallest absolute Gasteiger partial charge is 0.328 e. The predicted molar refractivity (Wildman–Crippen MR) is 164 cm³/mol. The van der Waals surface area contributed by atoms with Crippen LogP contribution in [0.4, 0.5) is 0 Å². The van der Waals surface area contributed by atoms with Crippen LogP contribution in [0.3, 0.4) is 0 Å². The Bertz CT molecular complexity index is 1700. The molecular weight excluding hydrogens is 584 g/mol. The molecule has 0 fully saturated rings. The highest BCUT2D eigenvalue weighted by Crippen LogP contribution is 2.21. The first-order valence-corrected chi connectivity index (χ1v) is 14.3. The second-order valence-corrected chi connectivity index (χ2v) is 10.9. The molecule has 3 amide bonds. The second kappa shape index (κ2) is 14.5. The lowest BCUT2D eigenvalue weighted by Crippen LogP contribution is -2.59. The van der Waals surface area contributed by atoms with Gasteiger partial charge in [-0.15, -0.1) is 0 Å². The van der Waals surface area contributed by atoms with Crippen LogP contribution >= 0.6 is 0 Å². The van der Waals surface area contributed by atoms with Crippen molar-refractivity contribution in [3.05, 3.63) is 72.1 Å². The maximum Gasteiger partial charge on any atom is 0.328 e. The number of nitrogens with one attached hydrogen (secondary N) is 5. The molecule has 0 radical (unpaired) electrons. The number of aromatic amines is 2. The van der Waals surface area contributed by atoms with E-state index < -0.39 is 59.9 Å². The van der Waals surface area contributed by atoms with E-state index in [2.05, 4.69) is 25.9 Å². The number of carbonyl (C=O) groups is 5. The van der Waals surface area contributed by atoms with Gasteiger partial charge in [-0.05, 0) is 36.6 Å². The molecule has 5 atom stereocenters. The van der Waals surface area contributed by atoms with E-state index in [0.29, 0.717) is 11.1 Å². The third kappa shape index (κ3) is 8.25. The van der Waals surface area contributed by atoms with E-state index in [9.17, 15) is 34.2 Å². The average Bonchev–Trinajstić information content (AvgIpc) is 3.61.